The summed E-state index contributed by atoms with van der Waals surface area (Å²) in [5.74, 6) is -3.00. The van der Waals surface area contributed by atoms with Gasteiger partial charge in [0.05, 0.1) is 10.6 Å². The minimum Gasteiger partial charge on any atom is -0.481 e. The van der Waals surface area contributed by atoms with Gasteiger partial charge in [0, 0.05) is 29.6 Å². The Kier molecular flexibility index (Phi) is 8.00. The lowest BCUT2D eigenvalue weighted by molar-refractivity contribution is -0.157. The van der Waals surface area contributed by atoms with E-state index in [0.717, 1.165) is 35.9 Å². The smallest absolute Gasteiger partial charge is 0.335 e. The number of hydrogen-bond acceptors (Lipinski definition) is 12. The van der Waals surface area contributed by atoms with Crippen molar-refractivity contribution in [1.29, 1.82) is 0 Å². The molecule has 16 heteroatoms. The summed E-state index contributed by atoms with van der Waals surface area (Å²) in [6.07, 6.45) is 6.48. The van der Waals surface area contributed by atoms with Gasteiger partial charge in [0.15, 0.2) is 10.8 Å². The second-order valence-electron chi connectivity index (χ2n) is 9.34. The van der Waals surface area contributed by atoms with Gasteiger partial charge in [0.1, 0.15) is 28.6 Å². The summed E-state index contributed by atoms with van der Waals surface area (Å²) in [6.45, 7) is -0.0580. The van der Waals surface area contributed by atoms with Crippen LogP contribution in [-0.2, 0) is 19.2 Å². The first-order valence-corrected chi connectivity index (χ1v) is 15.0. The molecule has 13 nitrogen and oxygen atoms in total. The van der Waals surface area contributed by atoms with Crippen molar-refractivity contribution >= 4 is 69.5 Å². The third-order valence-corrected chi connectivity index (χ3v) is 10.1. The number of pyridine rings is 1. The number of oxime groups is 1. The Bertz CT molecular complexity index is 1410. The standard InChI is InChI=1S/C24H24N6O7S3/c25-23-27-14(8-38-23)16(29-37-13-3-1-2-4-13)18(31)28-17-19(32)30-9-24(22(35)36,11-40-20(17)30)10-39-15-7-12(21(33)34)5-6-26-15/h1,3,5-8,13,17,20H,2,4,9-11H2,(H2,25,27)(H,28,31)(H,33,34)(H,35,36)/t13?,17?,20-,24?/m1/s1. The molecule has 3 unspecified atom stereocenters. The maximum Gasteiger partial charge on any atom is 0.335 e. The van der Waals surface area contributed by atoms with E-state index in [9.17, 15) is 29.4 Å². The Balaban J connectivity index is 1.25. The van der Waals surface area contributed by atoms with Crippen LogP contribution in [0.5, 0.6) is 0 Å². The number of anilines is 1. The van der Waals surface area contributed by atoms with Crippen LogP contribution in [0.25, 0.3) is 0 Å². The first-order valence-electron chi connectivity index (χ1n) is 12.1. The summed E-state index contributed by atoms with van der Waals surface area (Å²) in [6, 6.07) is 1.85. The maximum atomic E-state index is 13.2. The van der Waals surface area contributed by atoms with Gasteiger partial charge in [-0.25, -0.2) is 14.8 Å². The zero-order valence-electron chi connectivity index (χ0n) is 20.8. The number of carbonyl (C=O) groups excluding carboxylic acids is 2. The molecule has 0 aromatic carbocycles. The number of carboxylic acid groups (broad SMARTS) is 2. The Morgan fingerprint density at radius 2 is 2.17 bits per heavy atom. The van der Waals surface area contributed by atoms with E-state index in [-0.39, 0.29) is 46.3 Å². The number of β-lactam (4-membered cyclic amide) rings is 1. The molecule has 2 fully saturated rings. The van der Waals surface area contributed by atoms with E-state index < -0.39 is 40.6 Å². The Morgan fingerprint density at radius 1 is 1.35 bits per heavy atom. The van der Waals surface area contributed by atoms with E-state index >= 15 is 0 Å². The van der Waals surface area contributed by atoms with E-state index in [1.165, 1.54) is 35.0 Å². The van der Waals surface area contributed by atoms with Gasteiger partial charge >= 0.3 is 11.9 Å². The summed E-state index contributed by atoms with van der Waals surface area (Å²) < 4.78 is 0. The number of carboxylic acids is 2. The Morgan fingerprint density at radius 3 is 2.85 bits per heavy atom. The zero-order chi connectivity index (χ0) is 28.4. The highest BCUT2D eigenvalue weighted by Crippen LogP contribution is 2.44. The molecule has 5 rings (SSSR count). The van der Waals surface area contributed by atoms with Crippen molar-refractivity contribution in [3.8, 4) is 0 Å². The minimum atomic E-state index is -1.29. The van der Waals surface area contributed by atoms with Crippen LogP contribution in [-0.4, -0.2) is 90.1 Å². The van der Waals surface area contributed by atoms with E-state index in [4.69, 9.17) is 10.6 Å². The van der Waals surface area contributed by atoms with Crippen LogP contribution in [0.4, 0.5) is 5.13 Å². The summed E-state index contributed by atoms with van der Waals surface area (Å²) in [5.41, 5.74) is 4.62. The fourth-order valence-electron chi connectivity index (χ4n) is 4.36. The van der Waals surface area contributed by atoms with Crippen LogP contribution in [0.15, 0.2) is 46.0 Å². The lowest BCUT2D eigenvalue weighted by Crippen LogP contribution is -2.74. The van der Waals surface area contributed by atoms with Crippen LogP contribution in [0, 0.1) is 5.41 Å². The molecule has 0 radical (unpaired) electrons. The first kappa shape index (κ1) is 27.9. The third-order valence-electron chi connectivity index (χ3n) is 6.59. The number of aromatic carboxylic acids is 1. The number of nitrogens with one attached hydrogen (secondary N) is 1. The molecule has 5 N–H and O–H groups in total. The van der Waals surface area contributed by atoms with Crippen molar-refractivity contribution in [2.75, 3.05) is 23.8 Å². The number of thiazole rings is 1. The second kappa shape index (κ2) is 11.5. The lowest BCUT2D eigenvalue weighted by atomic mass is 9.89. The molecule has 2 saturated heterocycles. The number of allylic oxidation sites excluding steroid dienone is 1. The lowest BCUT2D eigenvalue weighted by Gasteiger charge is -2.53. The number of rotatable bonds is 10. The summed E-state index contributed by atoms with van der Waals surface area (Å²) in [5, 5.41) is 27.8. The average molecular weight is 605 g/mol. The van der Waals surface area contributed by atoms with Crippen molar-refractivity contribution in [1.82, 2.24) is 20.2 Å². The predicted octanol–water partition coefficient (Wildman–Crippen LogP) is 1.52. The summed E-state index contributed by atoms with van der Waals surface area (Å²) in [7, 11) is 0. The molecule has 4 heterocycles. The zero-order valence-corrected chi connectivity index (χ0v) is 23.2. The number of thioether (sulfide) groups is 2. The van der Waals surface area contributed by atoms with Crippen molar-refractivity contribution in [3.05, 3.63) is 47.1 Å². The van der Waals surface area contributed by atoms with Crippen molar-refractivity contribution in [3.63, 3.8) is 0 Å². The number of fused-ring (bicyclic) bond motifs is 1. The number of nitrogens with zero attached hydrogens (tertiary/aromatic N) is 4. The van der Waals surface area contributed by atoms with Crippen molar-refractivity contribution < 1.29 is 34.2 Å². The molecular weight excluding hydrogens is 581 g/mol. The molecule has 210 valence electrons. The Hall–Kier alpha value is -3.63. The SMILES string of the molecule is Nc1nc(C(=NOC2C=CCC2)C(=O)NC2C(=O)N3CC(CSc4cc(C(=O)O)ccn4)(C(=O)O)CS[C@H]23)cs1. The van der Waals surface area contributed by atoms with E-state index in [1.807, 2.05) is 12.2 Å². The molecular formula is C24H24N6O7S3. The topological polar surface area (TPSA) is 197 Å². The average Bonchev–Trinajstić information content (AvgIpc) is 3.62. The van der Waals surface area contributed by atoms with E-state index in [2.05, 4.69) is 20.4 Å². The fraction of sp³-hybridized carbons (Fsp3) is 0.375. The number of aliphatic carboxylic acids is 1. The largest absolute Gasteiger partial charge is 0.481 e. The Labute approximate surface area is 240 Å². The summed E-state index contributed by atoms with van der Waals surface area (Å²) in [4.78, 5) is 65.1. The molecule has 2 aromatic heterocycles. The summed E-state index contributed by atoms with van der Waals surface area (Å²) >= 11 is 3.52. The number of aromatic nitrogens is 2. The van der Waals surface area contributed by atoms with Crippen LogP contribution >= 0.6 is 34.9 Å². The number of hydrogen-bond donors (Lipinski definition) is 4. The molecule has 2 aliphatic heterocycles. The molecule has 40 heavy (non-hydrogen) atoms. The molecule has 0 bridgehead atoms. The normalized spacial score (nSPS) is 25.7. The van der Waals surface area contributed by atoms with Gasteiger partial charge in [-0.05, 0) is 31.1 Å². The number of amides is 2. The van der Waals surface area contributed by atoms with E-state index in [1.54, 1.807) is 5.38 Å². The van der Waals surface area contributed by atoms with Crippen molar-refractivity contribution in [2.45, 2.75) is 35.4 Å². The van der Waals surface area contributed by atoms with Gasteiger partial charge in [-0.3, -0.25) is 14.4 Å². The molecule has 3 aliphatic rings. The first-order chi connectivity index (χ1) is 19.2. The predicted molar refractivity (Wildman–Crippen MR) is 148 cm³/mol. The fourth-order valence-corrected chi connectivity index (χ4v) is 7.67. The molecule has 4 atom stereocenters. The van der Waals surface area contributed by atoms with Crippen LogP contribution < -0.4 is 11.1 Å². The molecule has 0 spiro atoms. The van der Waals surface area contributed by atoms with Gasteiger partial charge < -0.3 is 31.0 Å². The van der Waals surface area contributed by atoms with Crippen LogP contribution in [0.2, 0.25) is 0 Å². The van der Waals surface area contributed by atoms with Gasteiger partial charge in [-0.2, -0.15) is 0 Å². The number of nitrogens with two attached hydrogens (primary N) is 1. The van der Waals surface area contributed by atoms with Gasteiger partial charge in [0.25, 0.3) is 5.91 Å². The van der Waals surface area contributed by atoms with Crippen LogP contribution in [0.1, 0.15) is 28.9 Å². The van der Waals surface area contributed by atoms with Gasteiger partial charge in [0.2, 0.25) is 5.91 Å². The van der Waals surface area contributed by atoms with Crippen LogP contribution in [0.3, 0.4) is 0 Å². The highest BCUT2D eigenvalue weighted by Gasteiger charge is 2.57. The minimum absolute atomic E-state index is 0.0461. The monoisotopic (exact) mass is 604 g/mol. The molecule has 1 aliphatic carbocycles. The highest BCUT2D eigenvalue weighted by molar-refractivity contribution is 8.00. The van der Waals surface area contributed by atoms with Crippen molar-refractivity contribution in [2.24, 2.45) is 10.6 Å². The second-order valence-corrected chi connectivity index (χ2v) is 12.3. The third kappa shape index (κ3) is 5.64. The van der Waals surface area contributed by atoms with E-state index in [0.29, 0.717) is 5.03 Å². The number of carbonyl (C=O) groups is 4. The quantitative estimate of drug-likeness (QED) is 0.100. The highest BCUT2D eigenvalue weighted by atomic mass is 32.2. The molecule has 2 amide bonds. The van der Waals surface area contributed by atoms with Gasteiger partial charge in [-0.15, -0.1) is 34.9 Å². The molecule has 2 aromatic rings. The number of nitrogen functional groups attached to an aromatic ring is 1. The van der Waals surface area contributed by atoms with Gasteiger partial charge in [-0.1, -0.05) is 11.2 Å². The maximum absolute atomic E-state index is 13.2. The molecule has 0 saturated carbocycles.